The summed E-state index contributed by atoms with van der Waals surface area (Å²) < 4.78 is 29.3. The van der Waals surface area contributed by atoms with Crippen molar-refractivity contribution in [2.75, 3.05) is 11.9 Å². The van der Waals surface area contributed by atoms with Crippen LogP contribution in [-0.2, 0) is 9.63 Å². The van der Waals surface area contributed by atoms with Gasteiger partial charge in [0.05, 0.1) is 23.5 Å². The first-order chi connectivity index (χ1) is 16.4. The number of hydrogen-bond donors (Lipinski definition) is 2. The van der Waals surface area contributed by atoms with Crippen molar-refractivity contribution in [3.8, 4) is 5.75 Å². The largest absolute Gasteiger partial charge is 0.434 e. The minimum absolute atomic E-state index is 0.0704. The SMILES string of the molecule is CC(NC(=O)c1ccccc1NC(=O)CON=Cc1ccccc1OC(F)F)c1ccccc1. The first-order valence-electron chi connectivity index (χ1n) is 10.4. The highest BCUT2D eigenvalue weighted by Crippen LogP contribution is 2.19. The molecule has 0 heterocycles. The average Bonchev–Trinajstić information content (AvgIpc) is 2.83. The molecule has 0 fully saturated rings. The van der Waals surface area contributed by atoms with Crippen LogP contribution >= 0.6 is 0 Å². The molecule has 2 N–H and O–H groups in total. The van der Waals surface area contributed by atoms with E-state index in [4.69, 9.17) is 4.84 Å². The second kappa shape index (κ2) is 12.1. The number of oxime groups is 1. The predicted octanol–water partition coefficient (Wildman–Crippen LogP) is 4.77. The summed E-state index contributed by atoms with van der Waals surface area (Å²) in [6.45, 7) is -1.57. The van der Waals surface area contributed by atoms with Crippen LogP contribution in [0.5, 0.6) is 5.75 Å². The number of alkyl halides is 2. The van der Waals surface area contributed by atoms with Crippen molar-refractivity contribution in [3.63, 3.8) is 0 Å². The van der Waals surface area contributed by atoms with Gasteiger partial charge in [-0.1, -0.05) is 59.8 Å². The molecule has 9 heteroatoms. The van der Waals surface area contributed by atoms with Gasteiger partial charge in [-0.15, -0.1) is 0 Å². The van der Waals surface area contributed by atoms with Gasteiger partial charge in [0.1, 0.15) is 5.75 Å². The Morgan fingerprint density at radius 3 is 2.41 bits per heavy atom. The Labute approximate surface area is 195 Å². The first kappa shape index (κ1) is 24.4. The van der Waals surface area contributed by atoms with Gasteiger partial charge < -0.3 is 20.2 Å². The van der Waals surface area contributed by atoms with E-state index in [2.05, 4.69) is 20.5 Å². The number of amides is 2. The molecule has 0 aliphatic carbocycles. The lowest BCUT2D eigenvalue weighted by atomic mass is 10.1. The van der Waals surface area contributed by atoms with Gasteiger partial charge in [0.25, 0.3) is 11.8 Å². The quantitative estimate of drug-likeness (QED) is 0.332. The van der Waals surface area contributed by atoms with Gasteiger partial charge in [-0.3, -0.25) is 9.59 Å². The van der Waals surface area contributed by atoms with Gasteiger partial charge in [-0.25, -0.2) is 0 Å². The summed E-state index contributed by atoms with van der Waals surface area (Å²) in [6.07, 6.45) is 1.16. The highest BCUT2D eigenvalue weighted by Gasteiger charge is 2.16. The number of hydrogen-bond acceptors (Lipinski definition) is 5. The highest BCUT2D eigenvalue weighted by molar-refractivity contribution is 6.04. The van der Waals surface area contributed by atoms with Crippen LogP contribution < -0.4 is 15.4 Å². The summed E-state index contributed by atoms with van der Waals surface area (Å²) in [4.78, 5) is 30.0. The lowest BCUT2D eigenvalue weighted by Gasteiger charge is -2.16. The van der Waals surface area contributed by atoms with Crippen LogP contribution in [-0.4, -0.2) is 31.2 Å². The molecule has 7 nitrogen and oxygen atoms in total. The molecule has 2 amide bonds. The van der Waals surface area contributed by atoms with E-state index in [0.717, 1.165) is 11.8 Å². The van der Waals surface area contributed by atoms with E-state index in [9.17, 15) is 18.4 Å². The Kier molecular flexibility index (Phi) is 8.67. The summed E-state index contributed by atoms with van der Waals surface area (Å²) in [6, 6.07) is 21.9. The number of carbonyl (C=O) groups is 2. The molecule has 1 atom stereocenters. The van der Waals surface area contributed by atoms with Crippen molar-refractivity contribution in [2.24, 2.45) is 5.16 Å². The van der Waals surface area contributed by atoms with E-state index in [-0.39, 0.29) is 23.3 Å². The average molecular weight is 467 g/mol. The molecule has 3 aromatic rings. The van der Waals surface area contributed by atoms with Crippen LogP contribution in [0.2, 0.25) is 0 Å². The fourth-order valence-corrected chi connectivity index (χ4v) is 3.06. The maximum atomic E-state index is 12.8. The second-order valence-electron chi connectivity index (χ2n) is 7.12. The lowest BCUT2D eigenvalue weighted by molar-refractivity contribution is -0.120. The van der Waals surface area contributed by atoms with Crippen molar-refractivity contribution >= 4 is 23.7 Å². The molecule has 0 bridgehead atoms. The molecule has 3 rings (SSSR count). The number of rotatable bonds is 10. The van der Waals surface area contributed by atoms with Crippen molar-refractivity contribution in [1.29, 1.82) is 0 Å². The minimum atomic E-state index is -2.98. The molecule has 3 aromatic carbocycles. The molecule has 1 unspecified atom stereocenters. The zero-order valence-electron chi connectivity index (χ0n) is 18.3. The molecular formula is C25H23F2N3O4. The fourth-order valence-electron chi connectivity index (χ4n) is 3.06. The molecule has 0 saturated carbocycles. The number of ether oxygens (including phenoxy) is 1. The molecule has 0 aliphatic rings. The summed E-state index contributed by atoms with van der Waals surface area (Å²) >= 11 is 0. The Bertz CT molecular complexity index is 1140. The van der Waals surface area contributed by atoms with Gasteiger partial charge in [0.15, 0.2) is 6.61 Å². The number of benzene rings is 3. The summed E-state index contributed by atoms with van der Waals surface area (Å²) in [5.41, 5.74) is 1.82. The highest BCUT2D eigenvalue weighted by atomic mass is 19.3. The maximum absolute atomic E-state index is 12.8. The Morgan fingerprint density at radius 1 is 0.971 bits per heavy atom. The normalized spacial score (nSPS) is 11.8. The summed E-state index contributed by atoms with van der Waals surface area (Å²) in [5.74, 6) is -0.966. The van der Waals surface area contributed by atoms with E-state index < -0.39 is 19.1 Å². The van der Waals surface area contributed by atoms with Crippen molar-refractivity contribution in [2.45, 2.75) is 19.6 Å². The Hall–Kier alpha value is -4.27. The Balaban J connectivity index is 1.57. The third-order valence-electron chi connectivity index (χ3n) is 4.69. The van der Waals surface area contributed by atoms with E-state index in [0.29, 0.717) is 11.3 Å². The smallest absolute Gasteiger partial charge is 0.387 e. The van der Waals surface area contributed by atoms with E-state index in [1.807, 2.05) is 37.3 Å². The number of carbonyl (C=O) groups excluding carboxylic acids is 2. The van der Waals surface area contributed by atoms with Gasteiger partial charge in [-0.05, 0) is 36.8 Å². The number of halogens is 2. The standard InChI is InChI=1S/C25H23F2N3O4/c1-17(18-9-3-2-4-10-18)29-24(32)20-12-6-7-13-21(20)30-23(31)16-33-28-15-19-11-5-8-14-22(19)34-25(26)27/h2-15,17,25H,16H2,1H3,(H,29,32)(H,30,31). The van der Waals surface area contributed by atoms with Crippen LogP contribution in [0.15, 0.2) is 84.0 Å². The van der Waals surface area contributed by atoms with E-state index in [1.165, 1.54) is 18.2 Å². The monoisotopic (exact) mass is 467 g/mol. The molecule has 34 heavy (non-hydrogen) atoms. The minimum Gasteiger partial charge on any atom is -0.434 e. The zero-order valence-corrected chi connectivity index (χ0v) is 18.3. The predicted molar refractivity (Wildman–Crippen MR) is 124 cm³/mol. The van der Waals surface area contributed by atoms with Gasteiger partial charge in [-0.2, -0.15) is 8.78 Å². The van der Waals surface area contributed by atoms with Gasteiger partial charge >= 0.3 is 6.61 Å². The van der Waals surface area contributed by atoms with Crippen molar-refractivity contribution in [3.05, 3.63) is 95.6 Å². The van der Waals surface area contributed by atoms with E-state index in [1.54, 1.807) is 30.3 Å². The van der Waals surface area contributed by atoms with Gasteiger partial charge in [0, 0.05) is 5.56 Å². The van der Waals surface area contributed by atoms with Crippen molar-refractivity contribution < 1.29 is 27.9 Å². The van der Waals surface area contributed by atoms with Gasteiger partial charge in [0.2, 0.25) is 0 Å². The number of nitrogens with zero attached hydrogens (tertiary/aromatic N) is 1. The molecule has 176 valence electrons. The summed E-state index contributed by atoms with van der Waals surface area (Å²) in [7, 11) is 0. The maximum Gasteiger partial charge on any atom is 0.387 e. The molecule has 0 spiro atoms. The second-order valence-corrected chi connectivity index (χ2v) is 7.12. The third kappa shape index (κ3) is 7.13. The van der Waals surface area contributed by atoms with E-state index >= 15 is 0 Å². The molecule has 0 saturated heterocycles. The summed E-state index contributed by atoms with van der Waals surface area (Å²) in [5, 5.41) is 9.15. The Morgan fingerprint density at radius 2 is 1.65 bits per heavy atom. The lowest BCUT2D eigenvalue weighted by Crippen LogP contribution is -2.28. The number of anilines is 1. The van der Waals surface area contributed by atoms with Crippen LogP contribution in [0.4, 0.5) is 14.5 Å². The number of nitrogens with one attached hydrogen (secondary N) is 2. The van der Waals surface area contributed by atoms with Crippen LogP contribution in [0.25, 0.3) is 0 Å². The topological polar surface area (TPSA) is 89.0 Å². The van der Waals surface area contributed by atoms with Crippen LogP contribution in [0.1, 0.15) is 34.5 Å². The molecular weight excluding hydrogens is 444 g/mol. The zero-order chi connectivity index (χ0) is 24.3. The third-order valence-corrected chi connectivity index (χ3v) is 4.69. The number of para-hydroxylation sites is 2. The first-order valence-corrected chi connectivity index (χ1v) is 10.4. The van der Waals surface area contributed by atoms with Crippen molar-refractivity contribution in [1.82, 2.24) is 5.32 Å². The van der Waals surface area contributed by atoms with Crippen LogP contribution in [0, 0.1) is 0 Å². The fraction of sp³-hybridized carbons (Fsp3) is 0.160. The molecule has 0 radical (unpaired) electrons. The van der Waals surface area contributed by atoms with Crippen LogP contribution in [0.3, 0.4) is 0 Å². The molecule has 0 aliphatic heterocycles. The molecule has 0 aromatic heterocycles.